The molecule has 5 atom stereocenters. The first kappa shape index (κ1) is 29.4. The summed E-state index contributed by atoms with van der Waals surface area (Å²) in [4.78, 5) is 22.4. The number of rotatable bonds is 9. The molecular weight excluding hydrogens is 552 g/mol. The summed E-state index contributed by atoms with van der Waals surface area (Å²) < 4.78 is 32.5. The number of carboxylic acids is 1. The molecular formula is C26H27O15+. The number of carboxylic acid groups (broad SMARTS) is 1. The van der Waals surface area contributed by atoms with Gasteiger partial charge in [0, 0.05) is 24.3 Å². The number of fused-ring (bicyclic) bond motifs is 1. The predicted octanol–water partition coefficient (Wildman–Crippen LogP) is 0.719. The zero-order chi connectivity index (χ0) is 30.0. The van der Waals surface area contributed by atoms with E-state index in [9.17, 15) is 40.2 Å². The summed E-state index contributed by atoms with van der Waals surface area (Å²) in [5, 5.41) is 70.9. The zero-order valence-electron chi connectivity index (χ0n) is 21.6. The van der Waals surface area contributed by atoms with Crippen LogP contribution in [-0.4, -0.2) is 99.2 Å². The van der Waals surface area contributed by atoms with Crippen LogP contribution in [-0.2, 0) is 19.1 Å². The number of aliphatic carboxylic acids is 1. The van der Waals surface area contributed by atoms with E-state index < -0.39 is 61.4 Å². The quantitative estimate of drug-likeness (QED) is 0.105. The Balaban J connectivity index is 1.76. The van der Waals surface area contributed by atoms with Gasteiger partial charge < -0.3 is 59.4 Å². The maximum atomic E-state index is 11.7. The van der Waals surface area contributed by atoms with E-state index in [2.05, 4.69) is 0 Å². The van der Waals surface area contributed by atoms with Crippen LogP contribution >= 0.6 is 0 Å². The number of esters is 1. The van der Waals surface area contributed by atoms with Gasteiger partial charge in [-0.05, 0) is 0 Å². The monoisotopic (exact) mass is 579 g/mol. The molecule has 1 saturated heterocycles. The number of ether oxygens (including phenoxy) is 5. The molecule has 2 heterocycles. The SMILES string of the molecule is COc1cc(-c2[o+]c3cc(O)cc(O)c3cc2OC2OC(COC(=O)CC(=O)O)C(O)C(O)C2O)cc(OC)c1O. The molecule has 2 aromatic carbocycles. The first-order valence-electron chi connectivity index (χ1n) is 11.9. The first-order chi connectivity index (χ1) is 19.4. The third kappa shape index (κ3) is 6.12. The van der Waals surface area contributed by atoms with Gasteiger partial charge in [0.25, 0.3) is 0 Å². The number of carbonyl (C=O) groups excluding carboxylic acids is 1. The number of aliphatic hydroxyl groups excluding tert-OH is 3. The van der Waals surface area contributed by atoms with Crippen molar-refractivity contribution >= 4 is 22.9 Å². The van der Waals surface area contributed by atoms with Crippen LogP contribution < -0.4 is 14.2 Å². The van der Waals surface area contributed by atoms with Gasteiger partial charge in [-0.1, -0.05) is 0 Å². The minimum Gasteiger partial charge on any atom is -0.507 e. The summed E-state index contributed by atoms with van der Waals surface area (Å²) >= 11 is 0. The van der Waals surface area contributed by atoms with Gasteiger partial charge in [0.15, 0.2) is 11.5 Å². The van der Waals surface area contributed by atoms with Crippen molar-refractivity contribution in [3.05, 3.63) is 30.3 Å². The molecule has 5 unspecified atom stereocenters. The molecule has 0 amide bonds. The van der Waals surface area contributed by atoms with Crippen LogP contribution in [0.2, 0.25) is 0 Å². The van der Waals surface area contributed by atoms with Gasteiger partial charge in [0.1, 0.15) is 54.3 Å². The van der Waals surface area contributed by atoms with E-state index in [-0.39, 0.29) is 51.0 Å². The highest BCUT2D eigenvalue weighted by Gasteiger charge is 2.46. The van der Waals surface area contributed by atoms with Crippen molar-refractivity contribution < 1.29 is 73.4 Å². The molecule has 41 heavy (non-hydrogen) atoms. The maximum absolute atomic E-state index is 11.7. The maximum Gasteiger partial charge on any atom is 0.402 e. The molecule has 0 spiro atoms. The summed E-state index contributed by atoms with van der Waals surface area (Å²) in [6.07, 6.45) is -9.57. The molecule has 0 bridgehead atoms. The highest BCUT2D eigenvalue weighted by atomic mass is 16.7. The van der Waals surface area contributed by atoms with Crippen LogP contribution in [0.5, 0.6) is 34.5 Å². The summed E-state index contributed by atoms with van der Waals surface area (Å²) in [6.45, 7) is -0.682. The molecule has 7 N–H and O–H groups in total. The van der Waals surface area contributed by atoms with Crippen LogP contribution in [0, 0.1) is 0 Å². The van der Waals surface area contributed by atoms with Gasteiger partial charge in [0.2, 0.25) is 17.8 Å². The number of hydrogen-bond donors (Lipinski definition) is 7. The normalized spacial score (nSPS) is 22.2. The number of hydrogen-bond acceptors (Lipinski definition) is 13. The van der Waals surface area contributed by atoms with Gasteiger partial charge in [-0.15, -0.1) is 0 Å². The lowest BCUT2D eigenvalue weighted by molar-refractivity contribution is -0.278. The lowest BCUT2D eigenvalue weighted by Gasteiger charge is -2.39. The average molecular weight is 579 g/mol. The van der Waals surface area contributed by atoms with E-state index in [4.69, 9.17) is 33.2 Å². The summed E-state index contributed by atoms with van der Waals surface area (Å²) in [6, 6.07) is 6.26. The van der Waals surface area contributed by atoms with Crippen molar-refractivity contribution in [3.8, 4) is 45.8 Å². The number of benzene rings is 2. The predicted molar refractivity (Wildman–Crippen MR) is 135 cm³/mol. The Morgan fingerprint density at radius 1 is 0.902 bits per heavy atom. The highest BCUT2D eigenvalue weighted by molar-refractivity contribution is 5.90. The molecule has 15 nitrogen and oxygen atoms in total. The fraction of sp³-hybridized carbons (Fsp3) is 0.346. The fourth-order valence-corrected chi connectivity index (χ4v) is 4.12. The summed E-state index contributed by atoms with van der Waals surface area (Å²) in [5.74, 6) is -3.93. The van der Waals surface area contributed by atoms with E-state index in [1.54, 1.807) is 0 Å². The minimum absolute atomic E-state index is 0.000328. The Kier molecular flexibility index (Phi) is 8.53. The van der Waals surface area contributed by atoms with Gasteiger partial charge in [-0.3, -0.25) is 9.59 Å². The lowest BCUT2D eigenvalue weighted by atomic mass is 9.99. The van der Waals surface area contributed by atoms with Crippen LogP contribution in [0.4, 0.5) is 0 Å². The van der Waals surface area contributed by atoms with Gasteiger partial charge in [-0.2, -0.15) is 0 Å². The minimum atomic E-state index is -1.85. The second kappa shape index (κ2) is 11.9. The third-order valence-electron chi connectivity index (χ3n) is 6.17. The molecule has 15 heteroatoms. The zero-order valence-corrected chi connectivity index (χ0v) is 21.6. The van der Waals surface area contributed by atoms with Crippen LogP contribution in [0.25, 0.3) is 22.3 Å². The fourth-order valence-electron chi connectivity index (χ4n) is 4.12. The first-order valence-corrected chi connectivity index (χ1v) is 11.9. The molecule has 1 aromatic heterocycles. The number of aliphatic hydroxyl groups is 3. The number of methoxy groups -OCH3 is 2. The van der Waals surface area contributed by atoms with Crippen molar-refractivity contribution in [3.63, 3.8) is 0 Å². The van der Waals surface area contributed by atoms with E-state index in [0.29, 0.717) is 0 Å². The molecule has 0 aliphatic carbocycles. The number of phenolic OH excluding ortho intramolecular Hbond substituents is 3. The standard InChI is InChI=1S/C26H26O15/c1-36-15-3-10(4-16(37-2)21(15)32)25-17(7-12-13(28)5-11(27)6-14(12)39-25)40-26-24(35)23(34)22(33)18(41-26)9-38-20(31)8-19(29)30/h3-7,18,22-24,26,33-35H,8-9H2,1-2H3,(H3-,27,28,29,30,32)/p+1. The van der Waals surface area contributed by atoms with Crippen molar-refractivity contribution in [1.82, 2.24) is 0 Å². The Bertz CT molecular complexity index is 1430. The van der Waals surface area contributed by atoms with E-state index in [1.165, 1.54) is 38.5 Å². The number of carbonyl (C=O) groups is 2. The van der Waals surface area contributed by atoms with Crippen LogP contribution in [0.15, 0.2) is 34.7 Å². The lowest BCUT2D eigenvalue weighted by Crippen LogP contribution is -2.60. The molecule has 220 valence electrons. The van der Waals surface area contributed by atoms with Crippen molar-refractivity contribution in [2.45, 2.75) is 37.1 Å². The Morgan fingerprint density at radius 3 is 2.17 bits per heavy atom. The van der Waals surface area contributed by atoms with Crippen molar-refractivity contribution in [2.24, 2.45) is 0 Å². The number of phenols is 3. The molecule has 1 aliphatic rings. The number of aromatic hydroxyl groups is 3. The van der Waals surface area contributed by atoms with Crippen LogP contribution in [0.3, 0.4) is 0 Å². The second-order valence-corrected chi connectivity index (χ2v) is 8.93. The van der Waals surface area contributed by atoms with E-state index in [1.807, 2.05) is 0 Å². The molecule has 0 saturated carbocycles. The van der Waals surface area contributed by atoms with Crippen LogP contribution in [0.1, 0.15) is 6.42 Å². The van der Waals surface area contributed by atoms with E-state index >= 15 is 0 Å². The van der Waals surface area contributed by atoms with Gasteiger partial charge >= 0.3 is 23.3 Å². The summed E-state index contributed by atoms with van der Waals surface area (Å²) in [7, 11) is 2.59. The largest absolute Gasteiger partial charge is 0.507 e. The van der Waals surface area contributed by atoms with Crippen molar-refractivity contribution in [2.75, 3.05) is 20.8 Å². The van der Waals surface area contributed by atoms with E-state index in [0.717, 1.165) is 6.07 Å². The smallest absolute Gasteiger partial charge is 0.402 e. The average Bonchev–Trinajstić information content (AvgIpc) is 2.92. The molecule has 0 radical (unpaired) electrons. The molecule has 3 aromatic rings. The summed E-state index contributed by atoms with van der Waals surface area (Å²) in [5.41, 5.74) is 0.195. The third-order valence-corrected chi connectivity index (χ3v) is 6.17. The molecule has 1 fully saturated rings. The van der Waals surface area contributed by atoms with Crippen molar-refractivity contribution in [1.29, 1.82) is 0 Å². The Morgan fingerprint density at radius 2 is 1.56 bits per heavy atom. The molecule has 1 aliphatic heterocycles. The van der Waals surface area contributed by atoms with Gasteiger partial charge in [-0.25, -0.2) is 4.42 Å². The second-order valence-electron chi connectivity index (χ2n) is 8.93. The Hall–Kier alpha value is -4.57. The Labute approximate surface area is 230 Å². The topological polar surface area (TPSA) is 233 Å². The highest BCUT2D eigenvalue weighted by Crippen LogP contribution is 2.45. The van der Waals surface area contributed by atoms with Gasteiger partial charge in [0.05, 0.1) is 25.8 Å². The molecule has 4 rings (SSSR count).